The largest absolute Gasteiger partial charge is 0.461 e. The molecule has 2 aliphatic rings. The molecular formula is C13H14O. The van der Waals surface area contributed by atoms with Gasteiger partial charge in [0.15, 0.2) is 0 Å². The number of rotatable bonds is 0. The second kappa shape index (κ2) is 2.63. The summed E-state index contributed by atoms with van der Waals surface area (Å²) < 4.78 is 5.87. The molecular weight excluding hydrogens is 172 g/mol. The van der Waals surface area contributed by atoms with Crippen LogP contribution in [0.3, 0.4) is 0 Å². The predicted octanol–water partition coefficient (Wildman–Crippen LogP) is 3.40. The Balaban J connectivity index is 2.21. The first-order valence-electron chi connectivity index (χ1n) is 5.29. The van der Waals surface area contributed by atoms with E-state index < -0.39 is 0 Å². The molecule has 0 spiro atoms. The van der Waals surface area contributed by atoms with Crippen molar-refractivity contribution in [3.05, 3.63) is 41.7 Å². The fourth-order valence-corrected chi connectivity index (χ4v) is 2.59. The van der Waals surface area contributed by atoms with E-state index in [0.29, 0.717) is 0 Å². The Bertz CT molecular complexity index is 405. The molecule has 72 valence electrons. The van der Waals surface area contributed by atoms with Gasteiger partial charge in [0, 0.05) is 5.56 Å². The van der Waals surface area contributed by atoms with Gasteiger partial charge in [-0.15, -0.1) is 0 Å². The molecule has 0 amide bonds. The lowest BCUT2D eigenvalue weighted by molar-refractivity contribution is 0.343. The van der Waals surface area contributed by atoms with E-state index in [4.69, 9.17) is 4.74 Å². The highest BCUT2D eigenvalue weighted by molar-refractivity contribution is 5.50. The van der Waals surface area contributed by atoms with E-state index in [2.05, 4.69) is 31.2 Å². The van der Waals surface area contributed by atoms with Crippen LogP contribution in [0.25, 0.3) is 0 Å². The van der Waals surface area contributed by atoms with E-state index >= 15 is 0 Å². The van der Waals surface area contributed by atoms with Crippen molar-refractivity contribution in [1.82, 2.24) is 0 Å². The summed E-state index contributed by atoms with van der Waals surface area (Å²) in [6.07, 6.45) is 5.91. The van der Waals surface area contributed by atoms with Gasteiger partial charge in [-0.1, -0.05) is 18.2 Å². The molecule has 1 aliphatic carbocycles. The molecule has 1 nitrogen and oxygen atoms in total. The maximum absolute atomic E-state index is 5.87. The fourth-order valence-electron chi connectivity index (χ4n) is 2.59. The lowest BCUT2D eigenvalue weighted by Crippen LogP contribution is -2.24. The van der Waals surface area contributed by atoms with Crippen LogP contribution in [-0.2, 0) is 5.41 Å². The molecule has 14 heavy (non-hydrogen) atoms. The number of para-hydroxylation sites is 1. The molecule has 0 saturated heterocycles. The van der Waals surface area contributed by atoms with Gasteiger partial charge in [0.1, 0.15) is 11.5 Å². The van der Waals surface area contributed by atoms with Gasteiger partial charge in [0.2, 0.25) is 0 Å². The number of hydrogen-bond donors (Lipinski definition) is 0. The lowest BCUT2D eigenvalue weighted by atomic mass is 9.75. The monoisotopic (exact) mass is 186 g/mol. The zero-order valence-corrected chi connectivity index (χ0v) is 8.42. The number of ether oxygens (including phenoxy) is 1. The van der Waals surface area contributed by atoms with Crippen LogP contribution in [0.2, 0.25) is 0 Å². The van der Waals surface area contributed by atoms with Gasteiger partial charge in [0.05, 0.1) is 5.41 Å². The number of hydrogen-bond acceptors (Lipinski definition) is 1. The molecule has 0 aromatic heterocycles. The van der Waals surface area contributed by atoms with Crippen molar-refractivity contribution in [2.75, 3.05) is 0 Å². The first-order chi connectivity index (χ1) is 6.81. The van der Waals surface area contributed by atoms with Gasteiger partial charge in [-0.05, 0) is 38.3 Å². The van der Waals surface area contributed by atoms with E-state index in [-0.39, 0.29) is 5.41 Å². The van der Waals surface area contributed by atoms with Crippen LogP contribution in [0.5, 0.6) is 5.75 Å². The van der Waals surface area contributed by atoms with Crippen molar-refractivity contribution in [2.24, 2.45) is 0 Å². The molecule has 1 aromatic carbocycles. The van der Waals surface area contributed by atoms with Crippen LogP contribution in [0, 0.1) is 0 Å². The minimum Gasteiger partial charge on any atom is -0.461 e. The fraction of sp³-hybridized carbons (Fsp3) is 0.385. The van der Waals surface area contributed by atoms with Crippen molar-refractivity contribution >= 4 is 0 Å². The lowest BCUT2D eigenvalue weighted by Gasteiger charge is -2.27. The van der Waals surface area contributed by atoms with E-state index in [1.165, 1.54) is 30.6 Å². The van der Waals surface area contributed by atoms with Crippen molar-refractivity contribution in [3.63, 3.8) is 0 Å². The SMILES string of the molecule is CC12CCCC=C1Oc1ccccc12. The summed E-state index contributed by atoms with van der Waals surface area (Å²) in [5, 5.41) is 0. The highest BCUT2D eigenvalue weighted by atomic mass is 16.5. The summed E-state index contributed by atoms with van der Waals surface area (Å²) in [6.45, 7) is 2.30. The molecule has 1 unspecified atom stereocenters. The van der Waals surface area contributed by atoms with Gasteiger partial charge in [0.25, 0.3) is 0 Å². The molecule has 1 atom stereocenters. The third-order valence-electron chi connectivity index (χ3n) is 3.46. The molecule has 1 heterocycles. The Morgan fingerprint density at radius 1 is 1.29 bits per heavy atom. The Hall–Kier alpha value is -1.24. The minimum absolute atomic E-state index is 0.162. The summed E-state index contributed by atoms with van der Waals surface area (Å²) in [5.41, 5.74) is 1.53. The van der Waals surface area contributed by atoms with E-state index in [9.17, 15) is 0 Å². The van der Waals surface area contributed by atoms with E-state index in [1.54, 1.807) is 0 Å². The van der Waals surface area contributed by atoms with E-state index in [0.717, 1.165) is 5.75 Å². The van der Waals surface area contributed by atoms with Crippen LogP contribution in [0.15, 0.2) is 36.1 Å². The molecule has 1 aromatic rings. The van der Waals surface area contributed by atoms with Gasteiger partial charge in [-0.2, -0.15) is 0 Å². The quantitative estimate of drug-likeness (QED) is 0.603. The minimum atomic E-state index is 0.162. The highest BCUT2D eigenvalue weighted by Crippen LogP contribution is 2.50. The van der Waals surface area contributed by atoms with Gasteiger partial charge in [-0.3, -0.25) is 0 Å². The maximum atomic E-state index is 5.87. The van der Waals surface area contributed by atoms with Crippen molar-refractivity contribution in [1.29, 1.82) is 0 Å². The molecule has 3 rings (SSSR count). The Labute approximate surface area is 84.4 Å². The van der Waals surface area contributed by atoms with Crippen LogP contribution < -0.4 is 4.74 Å². The summed E-state index contributed by atoms with van der Waals surface area (Å²) >= 11 is 0. The second-order valence-electron chi connectivity index (χ2n) is 4.39. The Kier molecular flexibility index (Phi) is 1.52. The standard InChI is InChI=1S/C13H14O/c1-13-9-5-4-8-12(13)14-11-7-3-2-6-10(11)13/h2-3,6-8H,4-5,9H2,1H3. The third-order valence-corrected chi connectivity index (χ3v) is 3.46. The average Bonchev–Trinajstić information content (AvgIpc) is 2.51. The Morgan fingerprint density at radius 3 is 3.07 bits per heavy atom. The molecule has 1 aliphatic heterocycles. The Morgan fingerprint density at radius 2 is 2.14 bits per heavy atom. The van der Waals surface area contributed by atoms with Gasteiger partial charge >= 0.3 is 0 Å². The first-order valence-corrected chi connectivity index (χ1v) is 5.29. The number of allylic oxidation sites excluding steroid dienone is 2. The topological polar surface area (TPSA) is 9.23 Å². The van der Waals surface area contributed by atoms with Gasteiger partial charge < -0.3 is 4.74 Å². The van der Waals surface area contributed by atoms with Crippen molar-refractivity contribution in [3.8, 4) is 5.75 Å². The first kappa shape index (κ1) is 8.10. The number of fused-ring (bicyclic) bond motifs is 3. The van der Waals surface area contributed by atoms with Crippen LogP contribution in [-0.4, -0.2) is 0 Å². The van der Waals surface area contributed by atoms with Crippen molar-refractivity contribution < 1.29 is 4.74 Å². The molecule has 0 fully saturated rings. The summed E-state index contributed by atoms with van der Waals surface area (Å²) in [5.74, 6) is 2.23. The summed E-state index contributed by atoms with van der Waals surface area (Å²) in [4.78, 5) is 0. The molecule has 0 saturated carbocycles. The number of benzene rings is 1. The van der Waals surface area contributed by atoms with E-state index in [1.807, 2.05) is 6.07 Å². The summed E-state index contributed by atoms with van der Waals surface area (Å²) in [7, 11) is 0. The predicted molar refractivity (Wildman–Crippen MR) is 56.4 cm³/mol. The zero-order chi connectivity index (χ0) is 9.60. The highest BCUT2D eigenvalue weighted by Gasteiger charge is 2.41. The second-order valence-corrected chi connectivity index (χ2v) is 4.39. The third kappa shape index (κ3) is 0.899. The normalized spacial score (nSPS) is 28.8. The maximum Gasteiger partial charge on any atom is 0.131 e. The van der Waals surface area contributed by atoms with Crippen LogP contribution in [0.4, 0.5) is 0 Å². The van der Waals surface area contributed by atoms with Gasteiger partial charge in [-0.25, -0.2) is 0 Å². The molecule has 0 bridgehead atoms. The molecule has 1 heteroatoms. The molecule has 0 N–H and O–H groups in total. The molecule has 0 radical (unpaired) electrons. The van der Waals surface area contributed by atoms with Crippen LogP contribution >= 0.6 is 0 Å². The smallest absolute Gasteiger partial charge is 0.131 e. The average molecular weight is 186 g/mol. The van der Waals surface area contributed by atoms with Crippen molar-refractivity contribution in [2.45, 2.75) is 31.6 Å². The van der Waals surface area contributed by atoms with Crippen LogP contribution in [0.1, 0.15) is 31.7 Å². The zero-order valence-electron chi connectivity index (χ0n) is 8.42. The summed E-state index contributed by atoms with van der Waals surface area (Å²) in [6, 6.07) is 8.41.